The summed E-state index contributed by atoms with van der Waals surface area (Å²) in [6.45, 7) is 1.44. The number of rotatable bonds is 7. The molecular formula is C11H15N5O3. The minimum absolute atomic E-state index is 0.0481. The molecule has 2 aromatic heterocycles. The number of nitrogens with zero attached hydrogens (tertiary/aromatic N) is 2. The number of aromatic nitrogens is 3. The molecule has 0 radical (unpaired) electrons. The van der Waals surface area contributed by atoms with Gasteiger partial charge in [-0.1, -0.05) is 0 Å². The molecule has 1 amide bonds. The Morgan fingerprint density at radius 3 is 3.16 bits per heavy atom. The van der Waals surface area contributed by atoms with Crippen LogP contribution < -0.4 is 11.1 Å². The predicted molar refractivity (Wildman–Crippen MR) is 66.1 cm³/mol. The van der Waals surface area contributed by atoms with Crippen LogP contribution in [0.1, 0.15) is 22.8 Å². The summed E-state index contributed by atoms with van der Waals surface area (Å²) in [5, 5.41) is 8.68. The Morgan fingerprint density at radius 1 is 1.58 bits per heavy atom. The summed E-state index contributed by atoms with van der Waals surface area (Å²) in [5.41, 5.74) is 5.29. The van der Waals surface area contributed by atoms with Gasteiger partial charge in [-0.3, -0.25) is 9.89 Å². The Morgan fingerprint density at radius 2 is 2.47 bits per heavy atom. The van der Waals surface area contributed by atoms with Crippen LogP contribution in [0, 0.1) is 0 Å². The van der Waals surface area contributed by atoms with Crippen molar-refractivity contribution in [3.8, 4) is 0 Å². The molecule has 0 fully saturated rings. The van der Waals surface area contributed by atoms with Crippen molar-refractivity contribution in [1.82, 2.24) is 20.5 Å². The first-order valence-corrected chi connectivity index (χ1v) is 5.82. The average Bonchev–Trinajstić information content (AvgIpc) is 3.04. The van der Waals surface area contributed by atoms with Crippen molar-refractivity contribution in [1.29, 1.82) is 0 Å². The van der Waals surface area contributed by atoms with E-state index >= 15 is 0 Å². The van der Waals surface area contributed by atoms with Gasteiger partial charge in [0, 0.05) is 13.2 Å². The Kier molecular flexibility index (Phi) is 4.51. The van der Waals surface area contributed by atoms with E-state index in [2.05, 4.69) is 20.5 Å². The molecule has 19 heavy (non-hydrogen) atoms. The quantitative estimate of drug-likeness (QED) is 0.620. The molecule has 0 aliphatic heterocycles. The van der Waals surface area contributed by atoms with Gasteiger partial charge < -0.3 is 20.2 Å². The number of aromatic amines is 1. The van der Waals surface area contributed by atoms with Crippen molar-refractivity contribution < 1.29 is 13.9 Å². The van der Waals surface area contributed by atoms with E-state index in [0.717, 1.165) is 5.76 Å². The van der Waals surface area contributed by atoms with Gasteiger partial charge in [-0.2, -0.15) is 4.98 Å². The lowest BCUT2D eigenvalue weighted by molar-refractivity contribution is 0.0909. The summed E-state index contributed by atoms with van der Waals surface area (Å²) in [7, 11) is 0. The van der Waals surface area contributed by atoms with Gasteiger partial charge in [-0.25, -0.2) is 0 Å². The number of anilines is 1. The third kappa shape index (κ3) is 4.11. The first kappa shape index (κ1) is 13.1. The van der Waals surface area contributed by atoms with Gasteiger partial charge in [0.15, 0.2) is 0 Å². The molecule has 0 saturated heterocycles. The van der Waals surface area contributed by atoms with E-state index in [-0.39, 0.29) is 17.7 Å². The van der Waals surface area contributed by atoms with E-state index in [4.69, 9.17) is 14.9 Å². The van der Waals surface area contributed by atoms with E-state index in [1.54, 1.807) is 6.26 Å². The topological polar surface area (TPSA) is 119 Å². The Hall–Kier alpha value is -2.35. The molecule has 0 unspecified atom stereocenters. The molecule has 0 saturated carbocycles. The fraction of sp³-hybridized carbons (Fsp3) is 0.364. The van der Waals surface area contributed by atoms with Crippen LogP contribution in [0.25, 0.3) is 0 Å². The van der Waals surface area contributed by atoms with E-state index < -0.39 is 0 Å². The fourth-order valence-corrected chi connectivity index (χ4v) is 1.40. The Bertz CT molecular complexity index is 508. The zero-order valence-electron chi connectivity index (χ0n) is 10.3. The van der Waals surface area contributed by atoms with Crippen molar-refractivity contribution in [3.05, 3.63) is 30.0 Å². The molecule has 2 rings (SSSR count). The lowest BCUT2D eigenvalue weighted by atomic mass is 10.4. The van der Waals surface area contributed by atoms with Gasteiger partial charge in [0.2, 0.25) is 11.8 Å². The second kappa shape index (κ2) is 6.55. The van der Waals surface area contributed by atoms with Gasteiger partial charge >= 0.3 is 0 Å². The molecule has 0 aromatic carbocycles. The van der Waals surface area contributed by atoms with Crippen molar-refractivity contribution in [2.75, 3.05) is 18.9 Å². The maximum atomic E-state index is 11.5. The summed E-state index contributed by atoms with van der Waals surface area (Å²) < 4.78 is 10.5. The third-order valence-corrected chi connectivity index (χ3v) is 2.29. The van der Waals surface area contributed by atoms with Crippen molar-refractivity contribution in [2.24, 2.45) is 0 Å². The largest absolute Gasteiger partial charge is 0.467 e. The molecule has 2 heterocycles. The molecule has 0 aliphatic carbocycles. The van der Waals surface area contributed by atoms with E-state index in [9.17, 15) is 4.79 Å². The van der Waals surface area contributed by atoms with Crippen molar-refractivity contribution >= 4 is 11.9 Å². The first-order chi connectivity index (χ1) is 9.25. The van der Waals surface area contributed by atoms with Crippen LogP contribution in [-0.4, -0.2) is 34.2 Å². The van der Waals surface area contributed by atoms with Gasteiger partial charge in [-0.05, 0) is 18.6 Å². The molecule has 8 heteroatoms. The van der Waals surface area contributed by atoms with Crippen LogP contribution in [0.15, 0.2) is 22.8 Å². The number of nitrogens with two attached hydrogens (primary N) is 1. The number of hydrogen-bond acceptors (Lipinski definition) is 6. The number of ether oxygens (including phenoxy) is 1. The van der Waals surface area contributed by atoms with Crippen molar-refractivity contribution in [3.63, 3.8) is 0 Å². The second-order valence-electron chi connectivity index (χ2n) is 3.78. The highest BCUT2D eigenvalue weighted by molar-refractivity contribution is 5.90. The molecular weight excluding hydrogens is 250 g/mol. The van der Waals surface area contributed by atoms with E-state index in [1.807, 2.05) is 12.1 Å². The Labute approximate surface area is 109 Å². The zero-order chi connectivity index (χ0) is 13.5. The first-order valence-electron chi connectivity index (χ1n) is 5.82. The predicted octanol–water partition coefficient (Wildman–Crippen LogP) is 0.317. The summed E-state index contributed by atoms with van der Waals surface area (Å²) in [6, 6.07) is 3.65. The molecule has 8 nitrogen and oxygen atoms in total. The molecule has 0 spiro atoms. The monoisotopic (exact) mass is 265 g/mol. The summed E-state index contributed by atoms with van der Waals surface area (Å²) in [5.74, 6) is 0.595. The fourth-order valence-electron chi connectivity index (χ4n) is 1.40. The van der Waals surface area contributed by atoms with Gasteiger partial charge in [0.1, 0.15) is 12.4 Å². The number of carbonyl (C=O) groups excluding carboxylic acids is 1. The number of H-pyrrole nitrogens is 1. The number of amides is 1. The van der Waals surface area contributed by atoms with E-state index in [1.165, 1.54) is 0 Å². The lowest BCUT2D eigenvalue weighted by Gasteiger charge is -2.03. The maximum Gasteiger partial charge on any atom is 0.288 e. The highest BCUT2D eigenvalue weighted by atomic mass is 16.5. The molecule has 0 bridgehead atoms. The van der Waals surface area contributed by atoms with Gasteiger partial charge in [0.05, 0.1) is 6.26 Å². The van der Waals surface area contributed by atoms with Crippen LogP contribution in [0.4, 0.5) is 5.95 Å². The van der Waals surface area contributed by atoms with Crippen LogP contribution in [-0.2, 0) is 11.3 Å². The Balaban J connectivity index is 1.55. The summed E-state index contributed by atoms with van der Waals surface area (Å²) >= 11 is 0. The molecule has 102 valence electrons. The standard InChI is InChI=1S/C11H15N5O3/c12-11-14-9(15-16-11)10(17)13-4-2-5-18-7-8-3-1-6-19-8/h1,3,6H,2,4-5,7H2,(H,13,17)(H3,12,14,15,16). The normalized spacial score (nSPS) is 10.5. The van der Waals surface area contributed by atoms with Gasteiger partial charge in [-0.15, -0.1) is 5.10 Å². The minimum Gasteiger partial charge on any atom is -0.467 e. The zero-order valence-corrected chi connectivity index (χ0v) is 10.3. The van der Waals surface area contributed by atoms with Crippen LogP contribution in [0.2, 0.25) is 0 Å². The number of furan rings is 1. The number of nitrogens with one attached hydrogen (secondary N) is 2. The highest BCUT2D eigenvalue weighted by Gasteiger charge is 2.09. The maximum absolute atomic E-state index is 11.5. The number of hydrogen-bond donors (Lipinski definition) is 3. The average molecular weight is 265 g/mol. The smallest absolute Gasteiger partial charge is 0.288 e. The molecule has 0 aliphatic rings. The van der Waals surface area contributed by atoms with Crippen LogP contribution in [0.3, 0.4) is 0 Å². The van der Waals surface area contributed by atoms with Crippen LogP contribution >= 0.6 is 0 Å². The molecule has 4 N–H and O–H groups in total. The van der Waals surface area contributed by atoms with Crippen molar-refractivity contribution in [2.45, 2.75) is 13.0 Å². The molecule has 0 atom stereocenters. The summed E-state index contributed by atoms with van der Waals surface area (Å²) in [6.07, 6.45) is 2.29. The molecule has 2 aromatic rings. The highest BCUT2D eigenvalue weighted by Crippen LogP contribution is 2.01. The second-order valence-corrected chi connectivity index (χ2v) is 3.78. The van der Waals surface area contributed by atoms with Gasteiger partial charge in [0.25, 0.3) is 5.91 Å². The SMILES string of the molecule is Nc1n[nH]c(C(=O)NCCCOCc2ccco2)n1. The number of nitrogen functional groups attached to an aromatic ring is 1. The van der Waals surface area contributed by atoms with E-state index in [0.29, 0.717) is 26.2 Å². The third-order valence-electron chi connectivity index (χ3n) is 2.29. The lowest BCUT2D eigenvalue weighted by Crippen LogP contribution is -2.26. The number of carbonyl (C=O) groups is 1. The van der Waals surface area contributed by atoms with Crippen LogP contribution in [0.5, 0.6) is 0 Å². The summed E-state index contributed by atoms with van der Waals surface area (Å²) in [4.78, 5) is 15.2. The minimum atomic E-state index is -0.338.